The van der Waals surface area contributed by atoms with Gasteiger partial charge < -0.3 is 5.11 Å². The summed E-state index contributed by atoms with van der Waals surface area (Å²) in [7, 11) is 0. The minimum Gasteiger partial charge on any atom is -0.393 e. The first kappa shape index (κ1) is 15.3. The molecule has 3 nitrogen and oxygen atoms in total. The number of piperidine rings is 1. The minimum absolute atomic E-state index is 0.110. The van der Waals surface area contributed by atoms with Gasteiger partial charge in [-0.2, -0.15) is 0 Å². The number of rotatable bonds is 0. The van der Waals surface area contributed by atoms with E-state index >= 15 is 0 Å². The van der Waals surface area contributed by atoms with Crippen molar-refractivity contribution in [3.63, 3.8) is 0 Å². The highest BCUT2D eigenvalue weighted by Crippen LogP contribution is 2.64. The second-order valence-electron chi connectivity index (χ2n) is 8.82. The number of hydrogen-bond donors (Lipinski definition) is 1. The molecule has 124 valence electrons. The molecular formula is C18H28ClNO2. The number of aliphatic hydroxyl groups excluding tert-OH is 1. The summed E-state index contributed by atoms with van der Waals surface area (Å²) in [4.78, 5) is 12.0. The number of halogens is 1. The first-order valence-corrected chi connectivity index (χ1v) is 9.37. The van der Waals surface area contributed by atoms with E-state index in [1.807, 2.05) is 0 Å². The van der Waals surface area contributed by atoms with Crippen molar-refractivity contribution in [2.45, 2.75) is 77.4 Å². The Morgan fingerprint density at radius 1 is 1.05 bits per heavy atom. The summed E-state index contributed by atoms with van der Waals surface area (Å²) in [6, 6.07) is 0.215. The van der Waals surface area contributed by atoms with Crippen LogP contribution in [0.4, 0.5) is 0 Å². The summed E-state index contributed by atoms with van der Waals surface area (Å²) in [5.41, 5.74) is 0.308. The van der Waals surface area contributed by atoms with Crippen LogP contribution in [0.1, 0.15) is 65.2 Å². The van der Waals surface area contributed by atoms with Crippen LogP contribution in [0.3, 0.4) is 0 Å². The van der Waals surface area contributed by atoms with Gasteiger partial charge in [0, 0.05) is 18.2 Å². The Kier molecular flexibility index (Phi) is 3.37. The van der Waals surface area contributed by atoms with Crippen molar-refractivity contribution < 1.29 is 9.90 Å². The molecule has 22 heavy (non-hydrogen) atoms. The highest BCUT2D eigenvalue weighted by atomic mass is 35.5. The Labute approximate surface area is 138 Å². The predicted octanol–water partition coefficient (Wildman–Crippen LogP) is 3.73. The van der Waals surface area contributed by atoms with E-state index in [-0.39, 0.29) is 28.9 Å². The molecule has 0 aromatic rings. The van der Waals surface area contributed by atoms with Crippen LogP contribution in [-0.4, -0.2) is 27.6 Å². The molecule has 0 spiro atoms. The van der Waals surface area contributed by atoms with E-state index in [2.05, 4.69) is 13.8 Å². The lowest BCUT2D eigenvalue weighted by Crippen LogP contribution is -2.60. The molecule has 0 bridgehead atoms. The third-order valence-electron chi connectivity index (χ3n) is 8.16. The molecule has 0 aromatic heterocycles. The van der Waals surface area contributed by atoms with Crippen molar-refractivity contribution >= 4 is 17.7 Å². The highest BCUT2D eigenvalue weighted by Gasteiger charge is 2.61. The molecular weight excluding hydrogens is 298 g/mol. The van der Waals surface area contributed by atoms with Gasteiger partial charge in [0.25, 0.3) is 0 Å². The van der Waals surface area contributed by atoms with Crippen LogP contribution in [-0.2, 0) is 4.79 Å². The van der Waals surface area contributed by atoms with E-state index in [1.54, 1.807) is 0 Å². The van der Waals surface area contributed by atoms with Gasteiger partial charge in [0.15, 0.2) is 0 Å². The zero-order chi connectivity index (χ0) is 15.7. The number of carbonyl (C=O) groups excluding carboxylic acids is 1. The molecule has 3 aliphatic carbocycles. The molecule has 1 heterocycles. The fourth-order valence-electron chi connectivity index (χ4n) is 6.79. The summed E-state index contributed by atoms with van der Waals surface area (Å²) in [6.45, 7) is 4.70. The molecule has 1 N–H and O–H groups in total. The maximum absolute atomic E-state index is 12.0. The number of amides is 1. The lowest BCUT2D eigenvalue weighted by Gasteiger charge is -2.60. The predicted molar refractivity (Wildman–Crippen MR) is 86.1 cm³/mol. The van der Waals surface area contributed by atoms with Crippen LogP contribution in [0.2, 0.25) is 0 Å². The molecule has 0 radical (unpaired) electrons. The van der Waals surface area contributed by atoms with E-state index in [9.17, 15) is 9.90 Å². The first-order chi connectivity index (χ1) is 10.4. The summed E-state index contributed by atoms with van der Waals surface area (Å²) in [5, 5.41) is 10.5. The van der Waals surface area contributed by atoms with Crippen molar-refractivity contribution in [2.75, 3.05) is 0 Å². The van der Waals surface area contributed by atoms with Gasteiger partial charge in [0.1, 0.15) is 0 Å². The van der Waals surface area contributed by atoms with Gasteiger partial charge in [0.05, 0.1) is 12.1 Å². The van der Waals surface area contributed by atoms with Crippen LogP contribution in [0, 0.1) is 28.6 Å². The molecule has 4 rings (SSSR count). The molecule has 1 saturated heterocycles. The van der Waals surface area contributed by atoms with Gasteiger partial charge in [-0.05, 0) is 73.5 Å². The highest BCUT2D eigenvalue weighted by molar-refractivity contribution is 6.21. The van der Waals surface area contributed by atoms with Gasteiger partial charge in [-0.3, -0.25) is 9.21 Å². The first-order valence-electron chi connectivity index (χ1n) is 9.04. The number of hydrogen-bond acceptors (Lipinski definition) is 2. The Bertz CT molecular complexity index is 497. The zero-order valence-corrected chi connectivity index (χ0v) is 14.5. The van der Waals surface area contributed by atoms with Gasteiger partial charge in [-0.25, -0.2) is 0 Å². The number of nitrogens with zero attached hydrogens (tertiary/aromatic N) is 1. The fourth-order valence-corrected chi connectivity index (χ4v) is 7.19. The topological polar surface area (TPSA) is 40.5 Å². The van der Waals surface area contributed by atoms with Gasteiger partial charge >= 0.3 is 0 Å². The molecule has 4 fully saturated rings. The smallest absolute Gasteiger partial charge is 0.237 e. The Morgan fingerprint density at radius 3 is 2.55 bits per heavy atom. The Hall–Kier alpha value is -0.280. The molecule has 3 saturated carbocycles. The van der Waals surface area contributed by atoms with E-state index in [0.717, 1.165) is 31.6 Å². The van der Waals surface area contributed by atoms with E-state index in [1.165, 1.54) is 23.7 Å². The average molecular weight is 326 g/mol. The second-order valence-corrected chi connectivity index (χ2v) is 9.18. The minimum atomic E-state index is -0.110. The number of fused-ring (bicyclic) bond motifs is 5. The average Bonchev–Trinajstić information content (AvgIpc) is 2.79. The Balaban J connectivity index is 1.65. The molecule has 7 unspecified atom stereocenters. The largest absolute Gasteiger partial charge is 0.393 e. The van der Waals surface area contributed by atoms with Crippen molar-refractivity contribution in [3.8, 4) is 0 Å². The molecule has 7 atom stereocenters. The van der Waals surface area contributed by atoms with Crippen LogP contribution in [0.25, 0.3) is 0 Å². The summed E-state index contributed by atoms with van der Waals surface area (Å²) in [6.07, 6.45) is 8.19. The summed E-state index contributed by atoms with van der Waals surface area (Å²) >= 11 is 6.37. The van der Waals surface area contributed by atoms with E-state index in [0.29, 0.717) is 18.3 Å². The van der Waals surface area contributed by atoms with Gasteiger partial charge in [-0.1, -0.05) is 13.8 Å². The molecule has 4 heteroatoms. The van der Waals surface area contributed by atoms with Gasteiger partial charge in [0.2, 0.25) is 5.91 Å². The van der Waals surface area contributed by atoms with Crippen molar-refractivity contribution in [2.24, 2.45) is 28.6 Å². The molecule has 1 aliphatic heterocycles. The van der Waals surface area contributed by atoms with Gasteiger partial charge in [-0.15, -0.1) is 0 Å². The Morgan fingerprint density at radius 2 is 1.77 bits per heavy atom. The van der Waals surface area contributed by atoms with Crippen LogP contribution >= 0.6 is 11.8 Å². The number of carbonyl (C=O) groups is 1. The lowest BCUT2D eigenvalue weighted by molar-refractivity contribution is -0.151. The third kappa shape index (κ3) is 1.81. The van der Waals surface area contributed by atoms with Crippen LogP contribution < -0.4 is 0 Å². The monoisotopic (exact) mass is 325 g/mol. The summed E-state index contributed by atoms with van der Waals surface area (Å²) < 4.78 is 1.54. The van der Waals surface area contributed by atoms with E-state index in [4.69, 9.17) is 11.8 Å². The molecule has 1 amide bonds. The van der Waals surface area contributed by atoms with Crippen molar-refractivity contribution in [3.05, 3.63) is 0 Å². The quantitative estimate of drug-likeness (QED) is 0.689. The molecule has 4 aliphatic rings. The number of aliphatic hydroxyl groups is 1. The van der Waals surface area contributed by atoms with Crippen molar-refractivity contribution in [1.29, 1.82) is 0 Å². The third-order valence-corrected chi connectivity index (χ3v) is 8.58. The van der Waals surface area contributed by atoms with Crippen molar-refractivity contribution in [1.82, 2.24) is 4.42 Å². The standard InChI is InChI=1S/C18H28ClNO2/c1-17-10-8-16(22)20(19)14(17)5-3-11-12-4-6-15(21)18(12,2)9-7-13(11)17/h11-15,21H,3-10H2,1-2H3. The zero-order valence-electron chi connectivity index (χ0n) is 13.7. The summed E-state index contributed by atoms with van der Waals surface area (Å²) in [5.74, 6) is 2.17. The fraction of sp³-hybridized carbons (Fsp3) is 0.944. The molecule has 0 aromatic carbocycles. The lowest BCUT2D eigenvalue weighted by atomic mass is 9.47. The van der Waals surface area contributed by atoms with E-state index < -0.39 is 0 Å². The van der Waals surface area contributed by atoms with Crippen LogP contribution in [0.5, 0.6) is 0 Å². The maximum Gasteiger partial charge on any atom is 0.237 e. The maximum atomic E-state index is 12.0. The normalized spacial score (nSPS) is 54.6. The van der Waals surface area contributed by atoms with Crippen LogP contribution in [0.15, 0.2) is 0 Å². The second kappa shape index (κ2) is 4.86. The SMILES string of the molecule is CC12CCC3C(CCC4N(Cl)C(=O)CCC34C)C1CCC2O.